The van der Waals surface area contributed by atoms with E-state index in [-0.39, 0.29) is 0 Å². The van der Waals surface area contributed by atoms with Crippen LogP contribution in [0.3, 0.4) is 0 Å². The molecule has 0 aliphatic heterocycles. The van der Waals surface area contributed by atoms with Crippen LogP contribution in [0.2, 0.25) is 0 Å². The number of fused-ring (bicyclic) bond motifs is 9. The Morgan fingerprint density at radius 1 is 0.333 bits per heavy atom. The third kappa shape index (κ3) is 5.78. The standard InChI is InChI=1S/C56H34N6S/c1-3-13-35(14-4-1)45-34-46(36-15-5-2-6-16-36)59-56(58-45)62-48-22-10-8-20-42(48)44-32-39(25-27-49(44)62)37-17-11-18-38(31-37)40-24-26-43-41-19-7-9-21-47(41)61(50(43)33-40)53-29-28-52-55(60-53)54-51(63-52)23-12-30-57-54/h1-34H. The van der Waals surface area contributed by atoms with Crippen molar-refractivity contribution in [3.8, 4) is 56.5 Å². The fraction of sp³-hybridized carbons (Fsp3) is 0. The van der Waals surface area contributed by atoms with Gasteiger partial charge in [-0.1, -0.05) is 133 Å². The number of hydrogen-bond acceptors (Lipinski definition) is 5. The van der Waals surface area contributed by atoms with Crippen molar-refractivity contribution in [1.29, 1.82) is 0 Å². The molecular weight excluding hydrogens is 789 g/mol. The van der Waals surface area contributed by atoms with Crippen LogP contribution in [0.1, 0.15) is 0 Å². The van der Waals surface area contributed by atoms with Crippen LogP contribution in [0.25, 0.3) is 121 Å². The summed E-state index contributed by atoms with van der Waals surface area (Å²) < 4.78 is 6.79. The van der Waals surface area contributed by atoms with Gasteiger partial charge in [0.1, 0.15) is 16.9 Å². The second-order valence-electron chi connectivity index (χ2n) is 15.9. The Labute approximate surface area is 365 Å². The zero-order valence-electron chi connectivity index (χ0n) is 33.7. The summed E-state index contributed by atoms with van der Waals surface area (Å²) in [6.07, 6.45) is 1.85. The van der Waals surface area contributed by atoms with E-state index in [1.807, 2.05) is 24.4 Å². The molecule has 0 unspecified atom stereocenters. The predicted molar refractivity (Wildman–Crippen MR) is 261 cm³/mol. The first-order chi connectivity index (χ1) is 31.2. The predicted octanol–water partition coefficient (Wildman–Crippen LogP) is 14.5. The molecule has 7 heteroatoms. The molecule has 7 aromatic carbocycles. The molecule has 0 saturated carbocycles. The van der Waals surface area contributed by atoms with Crippen LogP contribution in [0.5, 0.6) is 0 Å². The molecular formula is C56H34N6S. The van der Waals surface area contributed by atoms with Gasteiger partial charge in [-0.15, -0.1) is 11.3 Å². The minimum absolute atomic E-state index is 0.638. The number of pyridine rings is 2. The lowest BCUT2D eigenvalue weighted by atomic mass is 9.97. The topological polar surface area (TPSA) is 61.4 Å². The monoisotopic (exact) mass is 822 g/mol. The highest BCUT2D eigenvalue weighted by Crippen LogP contribution is 2.39. The number of benzene rings is 7. The Morgan fingerprint density at radius 3 is 1.65 bits per heavy atom. The molecule has 63 heavy (non-hydrogen) atoms. The highest BCUT2D eigenvalue weighted by molar-refractivity contribution is 7.25. The second-order valence-corrected chi connectivity index (χ2v) is 17.0. The van der Waals surface area contributed by atoms with Gasteiger partial charge in [0.15, 0.2) is 0 Å². The lowest BCUT2D eigenvalue weighted by Gasteiger charge is -2.12. The highest BCUT2D eigenvalue weighted by atomic mass is 32.1. The van der Waals surface area contributed by atoms with E-state index >= 15 is 0 Å². The summed E-state index contributed by atoms with van der Waals surface area (Å²) in [6, 6.07) is 70.8. The zero-order chi connectivity index (χ0) is 41.4. The average molecular weight is 823 g/mol. The van der Waals surface area contributed by atoms with Crippen molar-refractivity contribution in [2.75, 3.05) is 0 Å². The Bertz CT molecular complexity index is 3860. The van der Waals surface area contributed by atoms with E-state index in [2.05, 4.69) is 191 Å². The van der Waals surface area contributed by atoms with Crippen molar-refractivity contribution in [2.24, 2.45) is 0 Å². The zero-order valence-corrected chi connectivity index (χ0v) is 34.5. The molecule has 0 bridgehead atoms. The van der Waals surface area contributed by atoms with Crippen LogP contribution in [0.15, 0.2) is 206 Å². The molecule has 0 saturated heterocycles. The number of para-hydroxylation sites is 2. The summed E-state index contributed by atoms with van der Waals surface area (Å²) in [4.78, 5) is 20.4. The van der Waals surface area contributed by atoms with Gasteiger partial charge in [0.25, 0.3) is 0 Å². The maximum atomic E-state index is 5.27. The summed E-state index contributed by atoms with van der Waals surface area (Å²) in [5.74, 6) is 1.52. The average Bonchev–Trinajstić information content (AvgIpc) is 4.01. The molecule has 0 aliphatic carbocycles. The summed E-state index contributed by atoms with van der Waals surface area (Å²) in [5.41, 5.74) is 14.6. The third-order valence-corrected chi connectivity index (χ3v) is 13.3. The maximum Gasteiger partial charge on any atom is 0.235 e. The number of rotatable bonds is 6. The first-order valence-electron chi connectivity index (χ1n) is 21.0. The van der Waals surface area contributed by atoms with Gasteiger partial charge in [0.05, 0.1) is 42.9 Å². The van der Waals surface area contributed by atoms with Crippen LogP contribution >= 0.6 is 11.3 Å². The largest absolute Gasteiger partial charge is 0.294 e. The molecule has 6 nitrogen and oxygen atoms in total. The summed E-state index contributed by atoms with van der Waals surface area (Å²) in [7, 11) is 0. The van der Waals surface area contributed by atoms with Crippen molar-refractivity contribution in [1.82, 2.24) is 29.1 Å². The normalized spacial score (nSPS) is 11.8. The van der Waals surface area contributed by atoms with E-state index in [0.29, 0.717) is 5.95 Å². The fourth-order valence-corrected chi connectivity index (χ4v) is 10.3. The molecule has 6 aromatic heterocycles. The number of aromatic nitrogens is 6. The van der Waals surface area contributed by atoms with Gasteiger partial charge in [-0.3, -0.25) is 14.1 Å². The molecule has 294 valence electrons. The summed E-state index contributed by atoms with van der Waals surface area (Å²) in [6.45, 7) is 0. The molecule has 0 aliphatic rings. The molecule has 0 atom stereocenters. The van der Waals surface area contributed by atoms with E-state index in [1.54, 1.807) is 11.3 Å². The van der Waals surface area contributed by atoms with E-state index in [4.69, 9.17) is 19.9 Å². The van der Waals surface area contributed by atoms with Crippen LogP contribution in [0.4, 0.5) is 0 Å². The van der Waals surface area contributed by atoms with Crippen LogP contribution in [-0.2, 0) is 0 Å². The summed E-state index contributed by atoms with van der Waals surface area (Å²) in [5, 5.41) is 4.69. The van der Waals surface area contributed by atoms with Gasteiger partial charge in [-0.05, 0) is 89.0 Å². The molecule has 13 aromatic rings. The molecule has 0 N–H and O–H groups in total. The number of thiophene rings is 1. The molecule has 0 fully saturated rings. The third-order valence-electron chi connectivity index (χ3n) is 12.2. The van der Waals surface area contributed by atoms with Crippen LogP contribution < -0.4 is 0 Å². The van der Waals surface area contributed by atoms with Crippen molar-refractivity contribution >= 4 is 75.4 Å². The quantitative estimate of drug-likeness (QED) is 0.168. The van der Waals surface area contributed by atoms with Crippen molar-refractivity contribution in [3.63, 3.8) is 0 Å². The van der Waals surface area contributed by atoms with Gasteiger partial charge in [-0.2, -0.15) is 0 Å². The Kier molecular flexibility index (Phi) is 7.98. The smallest absolute Gasteiger partial charge is 0.235 e. The molecule has 0 spiro atoms. The molecule has 13 rings (SSSR count). The highest BCUT2D eigenvalue weighted by Gasteiger charge is 2.19. The van der Waals surface area contributed by atoms with Crippen molar-refractivity contribution in [3.05, 3.63) is 206 Å². The van der Waals surface area contributed by atoms with Gasteiger partial charge in [0, 0.05) is 38.9 Å². The van der Waals surface area contributed by atoms with Gasteiger partial charge >= 0.3 is 0 Å². The van der Waals surface area contributed by atoms with E-state index < -0.39 is 0 Å². The molecule has 0 amide bonds. The minimum Gasteiger partial charge on any atom is -0.294 e. The first kappa shape index (κ1) is 35.5. The van der Waals surface area contributed by atoms with Gasteiger partial charge in [-0.25, -0.2) is 15.0 Å². The van der Waals surface area contributed by atoms with Crippen molar-refractivity contribution < 1.29 is 0 Å². The number of hydrogen-bond donors (Lipinski definition) is 0. The van der Waals surface area contributed by atoms with Gasteiger partial charge in [0.2, 0.25) is 5.95 Å². The SMILES string of the molecule is c1ccc(-c2cc(-c3ccccc3)nc(-n3c4ccccc4c4cc(-c5cccc(-c6ccc7c8ccccc8n(-c8ccc9sc%10cccnc%10c9n8)c7c6)c5)ccc43)n2)cc1. The molecule has 6 heterocycles. The van der Waals surface area contributed by atoms with E-state index in [1.165, 1.54) is 10.8 Å². The lowest BCUT2D eigenvalue weighted by molar-refractivity contribution is 0.995. The molecule has 0 radical (unpaired) electrons. The Hall–Kier alpha value is -8.26. The van der Waals surface area contributed by atoms with E-state index in [0.717, 1.165) is 104 Å². The minimum atomic E-state index is 0.638. The number of nitrogens with zero attached hydrogens (tertiary/aromatic N) is 6. The Morgan fingerprint density at radius 2 is 0.905 bits per heavy atom. The first-order valence-corrected chi connectivity index (χ1v) is 21.9. The van der Waals surface area contributed by atoms with E-state index in [9.17, 15) is 0 Å². The Balaban J connectivity index is 0.937. The van der Waals surface area contributed by atoms with Gasteiger partial charge < -0.3 is 0 Å². The van der Waals surface area contributed by atoms with Crippen LogP contribution in [-0.4, -0.2) is 29.1 Å². The van der Waals surface area contributed by atoms with Crippen molar-refractivity contribution in [2.45, 2.75) is 0 Å². The lowest BCUT2D eigenvalue weighted by Crippen LogP contribution is -2.03. The second kappa shape index (κ2) is 14.2. The summed E-state index contributed by atoms with van der Waals surface area (Å²) >= 11 is 1.73. The maximum absolute atomic E-state index is 5.27. The van der Waals surface area contributed by atoms with Crippen LogP contribution in [0, 0.1) is 0 Å². The fourth-order valence-electron chi connectivity index (χ4n) is 9.27.